The fraction of sp³-hybridized carbons (Fsp3) is 0.421. The Morgan fingerprint density at radius 1 is 0.875 bits per heavy atom. The van der Waals surface area contributed by atoms with Gasteiger partial charge in [0.25, 0.3) is 0 Å². The predicted octanol–water partition coefficient (Wildman–Crippen LogP) is -2.51. The summed E-state index contributed by atoms with van der Waals surface area (Å²) in [6, 6.07) is 3.00. The van der Waals surface area contributed by atoms with Gasteiger partial charge in [0.05, 0.1) is 19.1 Å². The molecule has 0 aliphatic heterocycles. The number of aliphatic hydroxyl groups is 1. The first-order valence-electron chi connectivity index (χ1n) is 9.46. The lowest BCUT2D eigenvalue weighted by atomic mass is 10.0. The van der Waals surface area contributed by atoms with Crippen LogP contribution in [0.25, 0.3) is 0 Å². The molecule has 0 spiro atoms. The summed E-state index contributed by atoms with van der Waals surface area (Å²) in [5.41, 5.74) is 6.30. The van der Waals surface area contributed by atoms with Gasteiger partial charge in [-0.3, -0.25) is 19.2 Å². The van der Waals surface area contributed by atoms with Crippen molar-refractivity contribution in [1.29, 1.82) is 0 Å². The zero-order valence-corrected chi connectivity index (χ0v) is 17.8. The number of carbonyl (C=O) groups excluding carboxylic acids is 3. The van der Waals surface area contributed by atoms with E-state index in [4.69, 9.17) is 21.1 Å². The first-order valence-corrected chi connectivity index (χ1v) is 10.1. The van der Waals surface area contributed by atoms with E-state index in [9.17, 15) is 24.0 Å². The fourth-order valence-corrected chi connectivity index (χ4v) is 2.70. The highest BCUT2D eigenvalue weighted by Crippen LogP contribution is 2.06. The molecule has 8 N–H and O–H groups in total. The topological polar surface area (TPSA) is 208 Å². The second-order valence-electron chi connectivity index (χ2n) is 6.78. The third kappa shape index (κ3) is 8.91. The Labute approximate surface area is 189 Å². The van der Waals surface area contributed by atoms with Gasteiger partial charge in [0.15, 0.2) is 0 Å². The summed E-state index contributed by atoms with van der Waals surface area (Å²) in [5.74, 6) is -5.67. The van der Waals surface area contributed by atoms with Crippen molar-refractivity contribution in [2.45, 2.75) is 37.0 Å². The molecule has 0 aromatic heterocycles. The lowest BCUT2D eigenvalue weighted by Gasteiger charge is -2.24. The number of thiol groups is 1. The molecule has 0 fully saturated rings. The quantitative estimate of drug-likeness (QED) is 0.143. The molecule has 1 rings (SSSR count). The van der Waals surface area contributed by atoms with Crippen molar-refractivity contribution < 1.29 is 39.3 Å². The number of nitrogens with two attached hydrogens (primary N) is 1. The average Bonchev–Trinajstić information content (AvgIpc) is 2.75. The zero-order chi connectivity index (χ0) is 24.3. The Kier molecular flexibility index (Phi) is 11.2. The molecule has 0 radical (unpaired) electrons. The lowest BCUT2D eigenvalue weighted by molar-refractivity contribution is -0.144. The summed E-state index contributed by atoms with van der Waals surface area (Å²) in [4.78, 5) is 59.6. The highest BCUT2D eigenvalue weighted by atomic mass is 32.1. The van der Waals surface area contributed by atoms with Crippen LogP contribution in [0.1, 0.15) is 12.0 Å². The molecule has 1 aromatic carbocycles. The van der Waals surface area contributed by atoms with E-state index in [-0.39, 0.29) is 12.2 Å². The number of carboxylic acids is 2. The van der Waals surface area contributed by atoms with Crippen LogP contribution in [-0.4, -0.2) is 81.5 Å². The SMILES string of the molecule is NC(CS)C(=O)NC(Cc1ccccc1)C(=O)NC(CC(=O)O)C(=O)NC(CO)C(=O)O. The Bertz CT molecular complexity index is 823. The van der Waals surface area contributed by atoms with Crippen LogP contribution in [0.2, 0.25) is 0 Å². The van der Waals surface area contributed by atoms with E-state index < -0.39 is 66.9 Å². The van der Waals surface area contributed by atoms with Crippen molar-refractivity contribution in [2.75, 3.05) is 12.4 Å². The first kappa shape index (κ1) is 26.9. The highest BCUT2D eigenvalue weighted by molar-refractivity contribution is 7.80. The maximum atomic E-state index is 12.9. The molecule has 32 heavy (non-hydrogen) atoms. The number of nitrogens with one attached hydrogen (secondary N) is 3. The number of rotatable bonds is 13. The van der Waals surface area contributed by atoms with Crippen LogP contribution >= 0.6 is 12.6 Å². The Balaban J connectivity index is 3.06. The summed E-state index contributed by atoms with van der Waals surface area (Å²) in [6.07, 6.45) is -0.856. The normalized spacial score (nSPS) is 14.3. The average molecular weight is 471 g/mol. The monoisotopic (exact) mass is 470 g/mol. The molecule has 0 bridgehead atoms. The summed E-state index contributed by atoms with van der Waals surface area (Å²) in [6.45, 7) is -0.941. The minimum absolute atomic E-state index is 0.00723. The van der Waals surface area contributed by atoms with Crippen molar-refractivity contribution in [1.82, 2.24) is 16.0 Å². The second kappa shape index (κ2) is 13.3. The number of aliphatic carboxylic acids is 2. The largest absolute Gasteiger partial charge is 0.481 e. The van der Waals surface area contributed by atoms with Crippen molar-refractivity contribution in [3.05, 3.63) is 35.9 Å². The molecule has 176 valence electrons. The molecular weight excluding hydrogens is 444 g/mol. The molecule has 12 nitrogen and oxygen atoms in total. The van der Waals surface area contributed by atoms with Gasteiger partial charge in [-0.1, -0.05) is 30.3 Å². The number of benzene rings is 1. The zero-order valence-electron chi connectivity index (χ0n) is 16.9. The molecule has 13 heteroatoms. The number of aliphatic hydroxyl groups excluding tert-OH is 1. The van der Waals surface area contributed by atoms with Gasteiger partial charge in [-0.25, -0.2) is 4.79 Å². The Hall–Kier alpha value is -3.16. The fourth-order valence-electron chi connectivity index (χ4n) is 2.53. The third-order valence-electron chi connectivity index (χ3n) is 4.26. The van der Waals surface area contributed by atoms with Crippen LogP contribution in [0, 0.1) is 0 Å². The minimum Gasteiger partial charge on any atom is -0.481 e. The maximum absolute atomic E-state index is 12.9. The lowest BCUT2D eigenvalue weighted by Crippen LogP contribution is -2.58. The molecule has 0 heterocycles. The van der Waals surface area contributed by atoms with Crippen LogP contribution in [-0.2, 0) is 30.4 Å². The number of hydrogen-bond acceptors (Lipinski definition) is 8. The number of amides is 3. The molecule has 0 aliphatic carbocycles. The Morgan fingerprint density at radius 2 is 1.41 bits per heavy atom. The highest BCUT2D eigenvalue weighted by Gasteiger charge is 2.31. The molecule has 0 saturated heterocycles. The van der Waals surface area contributed by atoms with Gasteiger partial charge >= 0.3 is 11.9 Å². The van der Waals surface area contributed by atoms with E-state index in [2.05, 4.69) is 23.3 Å². The third-order valence-corrected chi connectivity index (χ3v) is 4.65. The first-order chi connectivity index (χ1) is 15.1. The van der Waals surface area contributed by atoms with Crippen LogP contribution < -0.4 is 21.7 Å². The molecule has 4 unspecified atom stereocenters. The van der Waals surface area contributed by atoms with Crippen LogP contribution in [0.4, 0.5) is 0 Å². The van der Waals surface area contributed by atoms with Gasteiger partial charge in [0.1, 0.15) is 18.1 Å². The number of carboxylic acid groups (broad SMARTS) is 2. The van der Waals surface area contributed by atoms with Crippen LogP contribution in [0.5, 0.6) is 0 Å². The molecule has 0 saturated carbocycles. The van der Waals surface area contributed by atoms with Gasteiger partial charge in [-0.05, 0) is 5.56 Å². The molecule has 4 atom stereocenters. The van der Waals surface area contributed by atoms with Gasteiger partial charge in [0, 0.05) is 12.2 Å². The van der Waals surface area contributed by atoms with Gasteiger partial charge in [0.2, 0.25) is 17.7 Å². The summed E-state index contributed by atoms with van der Waals surface area (Å²) < 4.78 is 0. The van der Waals surface area contributed by atoms with E-state index in [0.29, 0.717) is 5.56 Å². The van der Waals surface area contributed by atoms with Crippen LogP contribution in [0.3, 0.4) is 0 Å². The number of hydrogen-bond donors (Lipinski definition) is 8. The standard InChI is InChI=1S/C19H26N4O8S/c20-11(9-32)16(27)21-12(6-10-4-2-1-3-5-10)17(28)22-13(7-15(25)26)18(29)23-14(8-24)19(30)31/h1-5,11-14,24,32H,6-9,20H2,(H,21,27)(H,22,28)(H,23,29)(H,25,26)(H,30,31). The van der Waals surface area contributed by atoms with Crippen LogP contribution in [0.15, 0.2) is 30.3 Å². The Morgan fingerprint density at radius 3 is 1.91 bits per heavy atom. The van der Waals surface area contributed by atoms with Crippen molar-refractivity contribution in [2.24, 2.45) is 5.73 Å². The van der Waals surface area contributed by atoms with Gasteiger partial charge in [-0.15, -0.1) is 0 Å². The van der Waals surface area contributed by atoms with Gasteiger partial charge in [-0.2, -0.15) is 12.6 Å². The number of carbonyl (C=O) groups is 5. The van der Waals surface area contributed by atoms with Crippen molar-refractivity contribution in [3.8, 4) is 0 Å². The minimum atomic E-state index is -1.69. The predicted molar refractivity (Wildman–Crippen MR) is 115 cm³/mol. The molecular formula is C19H26N4O8S. The smallest absolute Gasteiger partial charge is 0.328 e. The van der Waals surface area contributed by atoms with Gasteiger partial charge < -0.3 is 37.0 Å². The maximum Gasteiger partial charge on any atom is 0.328 e. The molecule has 1 aromatic rings. The van der Waals surface area contributed by atoms with E-state index in [1.807, 2.05) is 5.32 Å². The summed E-state index contributed by atoms with van der Waals surface area (Å²) >= 11 is 3.93. The van der Waals surface area contributed by atoms with E-state index >= 15 is 0 Å². The van der Waals surface area contributed by atoms with E-state index in [1.165, 1.54) is 0 Å². The molecule has 0 aliphatic rings. The van der Waals surface area contributed by atoms with E-state index in [1.54, 1.807) is 30.3 Å². The second-order valence-corrected chi connectivity index (χ2v) is 7.15. The van der Waals surface area contributed by atoms with Crippen molar-refractivity contribution >= 4 is 42.3 Å². The van der Waals surface area contributed by atoms with E-state index in [0.717, 1.165) is 0 Å². The molecule has 3 amide bonds. The summed E-state index contributed by atoms with van der Waals surface area (Å²) in [5, 5.41) is 33.7. The van der Waals surface area contributed by atoms with Crippen molar-refractivity contribution in [3.63, 3.8) is 0 Å². The summed E-state index contributed by atoms with van der Waals surface area (Å²) in [7, 11) is 0.